The molecule has 1 fully saturated rings. The lowest BCUT2D eigenvalue weighted by atomic mass is 10.1. The van der Waals surface area contributed by atoms with Gasteiger partial charge in [-0.2, -0.15) is 8.78 Å². The first-order chi connectivity index (χ1) is 14.8. The molecule has 0 saturated carbocycles. The molecule has 0 spiro atoms. The summed E-state index contributed by atoms with van der Waals surface area (Å²) >= 11 is 0.966. The van der Waals surface area contributed by atoms with E-state index >= 15 is 0 Å². The molecular weight excluding hydrogens is 441 g/mol. The molecule has 1 N–H and O–H groups in total. The molecular formula is C20H22F5N3O2S. The van der Waals surface area contributed by atoms with E-state index in [1.165, 1.54) is 0 Å². The van der Waals surface area contributed by atoms with Crippen LogP contribution in [-0.2, 0) is 6.54 Å². The number of nitrogens with one attached hydrogen (secondary N) is 1. The van der Waals surface area contributed by atoms with Crippen LogP contribution in [0.3, 0.4) is 0 Å². The number of hydrogen-bond acceptors (Lipinski definition) is 6. The lowest BCUT2D eigenvalue weighted by Crippen LogP contribution is -2.29. The van der Waals surface area contributed by atoms with Crippen LogP contribution in [0.1, 0.15) is 53.7 Å². The van der Waals surface area contributed by atoms with Crippen LogP contribution in [0, 0.1) is 29.1 Å². The maximum Gasteiger partial charge on any atom is 0.357 e. The summed E-state index contributed by atoms with van der Waals surface area (Å²) in [7, 11) is 0. The van der Waals surface area contributed by atoms with Crippen molar-refractivity contribution in [1.82, 2.24) is 9.88 Å². The van der Waals surface area contributed by atoms with Gasteiger partial charge in [0.25, 0.3) is 0 Å². The lowest BCUT2D eigenvalue weighted by Gasteiger charge is -2.25. The Morgan fingerprint density at radius 3 is 2.26 bits per heavy atom. The summed E-state index contributed by atoms with van der Waals surface area (Å²) in [4.78, 5) is 19.1. The average molecular weight is 463 g/mol. The second kappa shape index (κ2) is 10.4. The van der Waals surface area contributed by atoms with Crippen molar-refractivity contribution in [1.29, 1.82) is 0 Å². The number of anilines is 1. The van der Waals surface area contributed by atoms with Gasteiger partial charge in [0.1, 0.15) is 5.01 Å². The molecule has 1 saturated heterocycles. The summed E-state index contributed by atoms with van der Waals surface area (Å²) < 4.78 is 72.5. The van der Waals surface area contributed by atoms with Crippen LogP contribution >= 0.6 is 11.3 Å². The number of unbranched alkanes of at least 4 members (excludes halogenated alkanes) is 1. The van der Waals surface area contributed by atoms with Crippen molar-refractivity contribution in [3.05, 3.63) is 39.0 Å². The average Bonchev–Trinajstić information content (AvgIpc) is 3.17. The molecule has 2 aromatic rings. The number of rotatable bonds is 8. The van der Waals surface area contributed by atoms with E-state index in [0.29, 0.717) is 18.1 Å². The molecule has 5 nitrogen and oxygen atoms in total. The van der Waals surface area contributed by atoms with Crippen LogP contribution in [0.5, 0.6) is 5.75 Å². The number of aromatic nitrogens is 1. The maximum absolute atomic E-state index is 13.9. The van der Waals surface area contributed by atoms with Crippen molar-refractivity contribution >= 4 is 23.1 Å². The minimum Gasteiger partial charge on any atom is -0.416 e. The molecule has 2 heterocycles. The molecule has 0 atom stereocenters. The summed E-state index contributed by atoms with van der Waals surface area (Å²) in [5.41, 5.74) is 0. The van der Waals surface area contributed by atoms with Gasteiger partial charge in [-0.3, -0.25) is 4.90 Å². The summed E-state index contributed by atoms with van der Waals surface area (Å²) in [5.74, 6) is -13.8. The Morgan fingerprint density at radius 2 is 1.65 bits per heavy atom. The lowest BCUT2D eigenvalue weighted by molar-refractivity contribution is 0.0722. The van der Waals surface area contributed by atoms with Crippen molar-refractivity contribution in [2.45, 2.75) is 45.6 Å². The van der Waals surface area contributed by atoms with Crippen molar-refractivity contribution in [3.8, 4) is 5.75 Å². The Balaban J connectivity index is 1.86. The second-order valence-corrected chi connectivity index (χ2v) is 8.27. The van der Waals surface area contributed by atoms with Crippen LogP contribution in [0.15, 0.2) is 0 Å². The molecule has 11 heteroatoms. The molecule has 3 rings (SSSR count). The third-order valence-electron chi connectivity index (χ3n) is 4.85. The quantitative estimate of drug-likeness (QED) is 0.145. The van der Waals surface area contributed by atoms with Crippen LogP contribution in [0.25, 0.3) is 0 Å². The van der Waals surface area contributed by atoms with E-state index in [1.54, 1.807) is 0 Å². The number of halogens is 5. The number of thiazole rings is 1. The van der Waals surface area contributed by atoms with Crippen molar-refractivity contribution in [2.75, 3.05) is 25.0 Å². The normalized spacial score (nSPS) is 14.6. The Labute approximate surface area is 180 Å². The highest BCUT2D eigenvalue weighted by Crippen LogP contribution is 2.32. The fourth-order valence-electron chi connectivity index (χ4n) is 3.20. The highest BCUT2D eigenvalue weighted by molar-refractivity contribution is 7.14. The number of ether oxygens (including phenoxy) is 1. The van der Waals surface area contributed by atoms with Crippen LogP contribution in [0.2, 0.25) is 0 Å². The molecule has 1 aliphatic rings. The molecule has 0 aliphatic carbocycles. The zero-order valence-corrected chi connectivity index (χ0v) is 17.7. The van der Waals surface area contributed by atoms with Gasteiger partial charge in [0.2, 0.25) is 34.8 Å². The van der Waals surface area contributed by atoms with Gasteiger partial charge in [0.15, 0.2) is 10.7 Å². The fourth-order valence-corrected chi connectivity index (χ4v) is 4.16. The molecule has 0 amide bonds. The second-order valence-electron chi connectivity index (χ2n) is 7.19. The number of likely N-dealkylation sites (tertiary alicyclic amines) is 1. The highest BCUT2D eigenvalue weighted by atomic mass is 32.1. The van der Waals surface area contributed by atoms with Crippen molar-refractivity contribution < 1.29 is 31.5 Å². The van der Waals surface area contributed by atoms with Gasteiger partial charge >= 0.3 is 5.97 Å². The largest absolute Gasteiger partial charge is 0.416 e. The molecule has 1 aromatic heterocycles. The van der Waals surface area contributed by atoms with Gasteiger partial charge in [-0.25, -0.2) is 22.9 Å². The SMILES string of the molecule is CCCCNc1nc(CN2CCCCC2)sc1C(=O)Oc1c(F)c(F)c(F)c(F)c1F. The summed E-state index contributed by atoms with van der Waals surface area (Å²) in [6, 6.07) is 0. The van der Waals surface area contributed by atoms with Gasteiger partial charge < -0.3 is 10.1 Å². The summed E-state index contributed by atoms with van der Waals surface area (Å²) in [5, 5.41) is 3.57. The zero-order valence-electron chi connectivity index (χ0n) is 16.9. The van der Waals surface area contributed by atoms with E-state index in [1.807, 2.05) is 6.92 Å². The standard InChI is InChI=1S/C20H22F5N3O2S/c1-2-3-7-26-19-18(31-11(27-19)10-28-8-5-4-6-9-28)20(29)30-17-15(24)13(22)12(21)14(23)16(17)25/h26H,2-10H2,1H3. The number of carbonyl (C=O) groups is 1. The molecule has 0 unspecified atom stereocenters. The van der Waals surface area contributed by atoms with E-state index in [-0.39, 0.29) is 10.7 Å². The molecule has 0 radical (unpaired) electrons. The molecule has 1 aliphatic heterocycles. The van der Waals surface area contributed by atoms with Crippen LogP contribution < -0.4 is 10.1 Å². The van der Waals surface area contributed by atoms with Gasteiger partial charge in [-0.1, -0.05) is 19.8 Å². The van der Waals surface area contributed by atoms with E-state index < -0.39 is 40.8 Å². The van der Waals surface area contributed by atoms with Gasteiger partial charge in [0, 0.05) is 6.54 Å². The number of esters is 1. The van der Waals surface area contributed by atoms with E-state index in [9.17, 15) is 26.7 Å². The first-order valence-corrected chi connectivity index (χ1v) is 10.8. The fraction of sp³-hybridized carbons (Fsp3) is 0.500. The van der Waals surface area contributed by atoms with Gasteiger partial charge in [-0.15, -0.1) is 11.3 Å². The number of carbonyl (C=O) groups excluding carboxylic acids is 1. The predicted molar refractivity (Wildman–Crippen MR) is 106 cm³/mol. The Morgan fingerprint density at radius 1 is 1.03 bits per heavy atom. The number of benzene rings is 1. The molecule has 31 heavy (non-hydrogen) atoms. The third-order valence-corrected chi connectivity index (χ3v) is 5.87. The number of nitrogens with zero attached hydrogens (tertiary/aromatic N) is 2. The van der Waals surface area contributed by atoms with Crippen LogP contribution in [0.4, 0.5) is 27.8 Å². The minimum absolute atomic E-state index is 0.0907. The topological polar surface area (TPSA) is 54.5 Å². The van der Waals surface area contributed by atoms with Crippen molar-refractivity contribution in [2.24, 2.45) is 0 Å². The number of piperidine rings is 1. The molecule has 170 valence electrons. The van der Waals surface area contributed by atoms with Crippen LogP contribution in [-0.4, -0.2) is 35.5 Å². The highest BCUT2D eigenvalue weighted by Gasteiger charge is 2.30. The van der Waals surface area contributed by atoms with Crippen molar-refractivity contribution in [3.63, 3.8) is 0 Å². The molecule has 0 bridgehead atoms. The maximum atomic E-state index is 13.9. The van der Waals surface area contributed by atoms with E-state index in [4.69, 9.17) is 0 Å². The first-order valence-electron chi connectivity index (χ1n) is 10.0. The van der Waals surface area contributed by atoms with Gasteiger partial charge in [-0.05, 0) is 32.4 Å². The van der Waals surface area contributed by atoms with E-state index in [0.717, 1.165) is 56.5 Å². The predicted octanol–water partition coefficient (Wildman–Crippen LogP) is 5.26. The smallest absolute Gasteiger partial charge is 0.357 e. The Hall–Kier alpha value is -2.27. The molecule has 1 aromatic carbocycles. The summed E-state index contributed by atoms with van der Waals surface area (Å²) in [6.07, 6.45) is 4.93. The first kappa shape index (κ1) is 23.4. The zero-order chi connectivity index (χ0) is 22.5. The van der Waals surface area contributed by atoms with Gasteiger partial charge in [0.05, 0.1) is 6.54 Å². The third kappa shape index (κ3) is 5.32. The number of hydrogen-bond donors (Lipinski definition) is 1. The Bertz CT molecular complexity index is 918. The minimum atomic E-state index is -2.32. The monoisotopic (exact) mass is 463 g/mol. The Kier molecular flexibility index (Phi) is 7.82. The summed E-state index contributed by atoms with van der Waals surface area (Å²) in [6.45, 7) is 4.74. The van der Waals surface area contributed by atoms with E-state index in [2.05, 4.69) is 19.9 Å².